The van der Waals surface area contributed by atoms with Crippen LogP contribution in [0.25, 0.3) is 0 Å². The van der Waals surface area contributed by atoms with Crippen molar-refractivity contribution >= 4 is 22.7 Å². The lowest BCUT2D eigenvalue weighted by molar-refractivity contribution is 0.281. The van der Waals surface area contributed by atoms with E-state index < -0.39 is 0 Å². The molecule has 0 aliphatic heterocycles. The third kappa shape index (κ3) is 4.77. The fourth-order valence-electron chi connectivity index (χ4n) is 2.40. The van der Waals surface area contributed by atoms with Crippen LogP contribution in [0.3, 0.4) is 0 Å². The maximum absolute atomic E-state index is 9.15. The molecule has 0 fully saturated rings. The van der Waals surface area contributed by atoms with Gasteiger partial charge in [-0.25, -0.2) is 0 Å². The molecule has 0 saturated heterocycles. The Morgan fingerprint density at radius 1 is 0.957 bits per heavy atom. The van der Waals surface area contributed by atoms with E-state index in [1.165, 1.54) is 0 Å². The highest BCUT2D eigenvalue weighted by molar-refractivity contribution is 5.60. The summed E-state index contributed by atoms with van der Waals surface area (Å²) in [6, 6.07) is 13.2. The van der Waals surface area contributed by atoms with Crippen molar-refractivity contribution in [3.8, 4) is 0 Å². The van der Waals surface area contributed by atoms with Gasteiger partial charge in [0, 0.05) is 42.4 Å². The first-order valence-electron chi connectivity index (χ1n) is 7.58. The van der Waals surface area contributed by atoms with Crippen LogP contribution in [-0.4, -0.2) is 36.5 Å². The first kappa shape index (κ1) is 16.9. The van der Waals surface area contributed by atoms with Gasteiger partial charge in [-0.3, -0.25) is 0 Å². The van der Waals surface area contributed by atoms with Gasteiger partial charge < -0.3 is 31.9 Å². The molecular weight excluding hydrogens is 292 g/mol. The zero-order valence-electron chi connectivity index (χ0n) is 13.1. The van der Waals surface area contributed by atoms with E-state index in [9.17, 15) is 0 Å². The summed E-state index contributed by atoms with van der Waals surface area (Å²) >= 11 is 0. The number of nitrogens with zero attached hydrogens (tertiary/aromatic N) is 1. The van der Waals surface area contributed by atoms with Gasteiger partial charge in [0.1, 0.15) is 0 Å². The van der Waals surface area contributed by atoms with E-state index in [1.54, 1.807) is 0 Å². The summed E-state index contributed by atoms with van der Waals surface area (Å²) in [5.41, 5.74) is 16.0. The lowest BCUT2D eigenvalue weighted by Gasteiger charge is -2.24. The van der Waals surface area contributed by atoms with Gasteiger partial charge in [0.05, 0.1) is 13.2 Å². The van der Waals surface area contributed by atoms with Gasteiger partial charge in [0.2, 0.25) is 0 Å². The number of nitrogens with one attached hydrogen (secondary N) is 1. The average Bonchev–Trinajstić information content (AvgIpc) is 2.54. The lowest BCUT2D eigenvalue weighted by atomic mass is 10.1. The smallest absolute Gasteiger partial charge is 0.0606 e. The largest absolute Gasteiger partial charge is 0.399 e. The molecule has 0 atom stereocenters. The van der Waals surface area contributed by atoms with Gasteiger partial charge in [-0.1, -0.05) is 6.07 Å². The molecule has 23 heavy (non-hydrogen) atoms. The van der Waals surface area contributed by atoms with E-state index in [0.717, 1.165) is 16.9 Å². The van der Waals surface area contributed by atoms with Crippen LogP contribution in [0.4, 0.5) is 22.7 Å². The van der Waals surface area contributed by atoms with Gasteiger partial charge in [-0.15, -0.1) is 0 Å². The number of hydrogen-bond donors (Lipinski definition) is 5. The van der Waals surface area contributed by atoms with Crippen LogP contribution in [-0.2, 0) is 6.54 Å². The molecule has 124 valence electrons. The summed E-state index contributed by atoms with van der Waals surface area (Å²) in [6.45, 7) is 1.55. The molecular formula is C17H24N4O2. The zero-order valence-corrected chi connectivity index (χ0v) is 13.1. The monoisotopic (exact) mass is 316 g/mol. The van der Waals surface area contributed by atoms with E-state index in [2.05, 4.69) is 5.32 Å². The molecule has 2 rings (SSSR count). The van der Waals surface area contributed by atoms with Crippen LogP contribution in [0.1, 0.15) is 5.56 Å². The van der Waals surface area contributed by atoms with Crippen LogP contribution >= 0.6 is 0 Å². The Morgan fingerprint density at radius 2 is 1.70 bits per heavy atom. The van der Waals surface area contributed by atoms with Crippen LogP contribution in [0.2, 0.25) is 0 Å². The molecule has 6 nitrogen and oxygen atoms in total. The maximum Gasteiger partial charge on any atom is 0.0606 e. The predicted octanol–water partition coefficient (Wildman–Crippen LogP) is 1.25. The summed E-state index contributed by atoms with van der Waals surface area (Å²) in [7, 11) is 0. The molecule has 0 unspecified atom stereocenters. The highest BCUT2D eigenvalue weighted by Gasteiger charge is 2.08. The Morgan fingerprint density at radius 3 is 2.35 bits per heavy atom. The molecule has 0 bridgehead atoms. The molecule has 6 heteroatoms. The predicted molar refractivity (Wildman–Crippen MR) is 95.4 cm³/mol. The van der Waals surface area contributed by atoms with Gasteiger partial charge in [0.25, 0.3) is 0 Å². The second kappa shape index (κ2) is 8.26. The minimum atomic E-state index is 0.0290. The second-order valence-electron chi connectivity index (χ2n) is 5.30. The SMILES string of the molecule is Nc1cccc(NCc2cc(N(CCO)CCO)ccc2N)c1. The van der Waals surface area contributed by atoms with Crippen molar-refractivity contribution < 1.29 is 10.2 Å². The van der Waals surface area contributed by atoms with Crippen LogP contribution < -0.4 is 21.7 Å². The molecule has 0 aromatic heterocycles. The van der Waals surface area contributed by atoms with Crippen molar-refractivity contribution in [3.63, 3.8) is 0 Å². The molecule has 0 radical (unpaired) electrons. The van der Waals surface area contributed by atoms with Crippen LogP contribution in [0.5, 0.6) is 0 Å². The number of nitrogen functional groups attached to an aromatic ring is 2. The zero-order chi connectivity index (χ0) is 16.7. The molecule has 0 amide bonds. The van der Waals surface area contributed by atoms with Gasteiger partial charge >= 0.3 is 0 Å². The number of nitrogens with two attached hydrogens (primary N) is 2. The Kier molecular flexibility index (Phi) is 6.08. The van der Waals surface area contributed by atoms with E-state index in [0.29, 0.717) is 31.0 Å². The molecule has 0 heterocycles. The van der Waals surface area contributed by atoms with Gasteiger partial charge in [0.15, 0.2) is 0 Å². The standard InChI is InChI=1S/C17H24N4O2/c18-14-2-1-3-15(11-14)20-12-13-10-16(4-5-17(13)19)21(6-8-22)7-9-23/h1-5,10-11,20,22-23H,6-9,12,18-19H2. The summed E-state index contributed by atoms with van der Waals surface area (Å²) < 4.78 is 0. The Bertz CT molecular complexity index is 628. The highest BCUT2D eigenvalue weighted by Crippen LogP contribution is 2.22. The van der Waals surface area contributed by atoms with E-state index >= 15 is 0 Å². The first-order chi connectivity index (χ1) is 11.1. The number of aliphatic hydroxyl groups is 2. The normalized spacial score (nSPS) is 10.5. The van der Waals surface area contributed by atoms with Gasteiger partial charge in [-0.05, 0) is 42.0 Å². The maximum atomic E-state index is 9.15. The van der Waals surface area contributed by atoms with Crippen molar-refractivity contribution in [2.24, 2.45) is 0 Å². The molecule has 0 spiro atoms. The van der Waals surface area contributed by atoms with Gasteiger partial charge in [-0.2, -0.15) is 0 Å². The minimum Gasteiger partial charge on any atom is -0.399 e. The molecule has 7 N–H and O–H groups in total. The van der Waals surface area contributed by atoms with Crippen molar-refractivity contribution in [1.82, 2.24) is 0 Å². The third-order valence-corrected chi connectivity index (χ3v) is 3.60. The van der Waals surface area contributed by atoms with Crippen molar-refractivity contribution in [2.45, 2.75) is 6.54 Å². The number of hydrogen-bond acceptors (Lipinski definition) is 6. The van der Waals surface area contributed by atoms with Crippen molar-refractivity contribution in [2.75, 3.05) is 48.0 Å². The fourth-order valence-corrected chi connectivity index (χ4v) is 2.40. The topological polar surface area (TPSA) is 108 Å². The summed E-state index contributed by atoms with van der Waals surface area (Å²) in [4.78, 5) is 1.92. The van der Waals surface area contributed by atoms with E-state index in [4.69, 9.17) is 21.7 Å². The second-order valence-corrected chi connectivity index (χ2v) is 5.30. The highest BCUT2D eigenvalue weighted by atomic mass is 16.3. The number of anilines is 4. The Hall–Kier alpha value is -2.44. The lowest BCUT2D eigenvalue weighted by Crippen LogP contribution is -2.29. The third-order valence-electron chi connectivity index (χ3n) is 3.60. The number of rotatable bonds is 8. The Balaban J connectivity index is 2.13. The van der Waals surface area contributed by atoms with Crippen LogP contribution in [0.15, 0.2) is 42.5 Å². The van der Waals surface area contributed by atoms with Crippen molar-refractivity contribution in [1.29, 1.82) is 0 Å². The van der Waals surface area contributed by atoms with E-state index in [-0.39, 0.29) is 13.2 Å². The molecule has 0 saturated carbocycles. The Labute approximate surface area is 136 Å². The summed E-state index contributed by atoms with van der Waals surface area (Å²) in [6.07, 6.45) is 0. The quantitative estimate of drug-likeness (QED) is 0.469. The first-order valence-corrected chi connectivity index (χ1v) is 7.58. The number of aliphatic hydroxyl groups excluding tert-OH is 2. The minimum absolute atomic E-state index is 0.0290. The molecule has 0 aliphatic carbocycles. The summed E-state index contributed by atoms with van der Waals surface area (Å²) in [5.74, 6) is 0. The fraction of sp³-hybridized carbons (Fsp3) is 0.294. The van der Waals surface area contributed by atoms with Crippen LogP contribution in [0, 0.1) is 0 Å². The molecule has 2 aromatic rings. The molecule has 2 aromatic carbocycles. The van der Waals surface area contributed by atoms with E-state index in [1.807, 2.05) is 47.4 Å². The molecule has 0 aliphatic rings. The summed E-state index contributed by atoms with van der Waals surface area (Å²) in [5, 5.41) is 21.6. The van der Waals surface area contributed by atoms with Crippen molar-refractivity contribution in [3.05, 3.63) is 48.0 Å². The average molecular weight is 316 g/mol. The number of benzene rings is 2.